The van der Waals surface area contributed by atoms with Crippen molar-refractivity contribution in [2.45, 2.75) is 38.7 Å². The Morgan fingerprint density at radius 2 is 2.07 bits per heavy atom. The van der Waals surface area contributed by atoms with E-state index in [4.69, 9.17) is 16.3 Å². The first-order valence-electron chi connectivity index (χ1n) is 9.13. The number of alkyl halides is 1. The van der Waals surface area contributed by atoms with Crippen molar-refractivity contribution in [1.82, 2.24) is 0 Å². The van der Waals surface area contributed by atoms with Crippen LogP contribution < -0.4 is 10.2 Å². The molecule has 7 heteroatoms. The number of amides is 1. The Labute approximate surface area is 168 Å². The second-order valence-electron chi connectivity index (χ2n) is 6.62. The number of esters is 1. The Balaban J connectivity index is 1.85. The molecule has 0 spiro atoms. The van der Waals surface area contributed by atoms with Crippen LogP contribution in [0.3, 0.4) is 0 Å². The summed E-state index contributed by atoms with van der Waals surface area (Å²) in [6.07, 6.45) is 0.786. The molecular weight excluding hydrogens is 384 g/mol. The van der Waals surface area contributed by atoms with Gasteiger partial charge in [0.05, 0.1) is 23.6 Å². The lowest BCUT2D eigenvalue weighted by Gasteiger charge is -2.24. The number of quaternary nitrogens is 1. The second kappa shape index (κ2) is 8.87. The highest BCUT2D eigenvalue weighted by molar-refractivity contribution is 7.17. The molecule has 27 heavy (non-hydrogen) atoms. The van der Waals surface area contributed by atoms with Gasteiger partial charge in [0.2, 0.25) is 5.91 Å². The summed E-state index contributed by atoms with van der Waals surface area (Å²) in [5.74, 6) is -0.687. The van der Waals surface area contributed by atoms with E-state index >= 15 is 0 Å². The van der Waals surface area contributed by atoms with Crippen LogP contribution in [0.5, 0.6) is 0 Å². The highest BCUT2D eigenvalue weighted by atomic mass is 35.5. The fourth-order valence-corrected chi connectivity index (χ4v) is 4.66. The van der Waals surface area contributed by atoms with E-state index in [1.54, 1.807) is 13.8 Å². The van der Waals surface area contributed by atoms with Crippen LogP contribution in [0.15, 0.2) is 30.3 Å². The van der Waals surface area contributed by atoms with Gasteiger partial charge in [0.1, 0.15) is 23.5 Å². The Kier molecular flexibility index (Phi) is 6.52. The molecule has 3 rings (SSSR count). The van der Waals surface area contributed by atoms with Gasteiger partial charge in [0.25, 0.3) is 0 Å². The molecule has 0 saturated heterocycles. The van der Waals surface area contributed by atoms with Crippen LogP contribution in [-0.4, -0.2) is 30.4 Å². The zero-order valence-electron chi connectivity index (χ0n) is 15.5. The van der Waals surface area contributed by atoms with Crippen molar-refractivity contribution in [2.75, 3.05) is 18.5 Å². The number of benzene rings is 1. The van der Waals surface area contributed by atoms with Gasteiger partial charge in [-0.15, -0.1) is 22.9 Å². The zero-order chi connectivity index (χ0) is 19.4. The van der Waals surface area contributed by atoms with E-state index in [0.717, 1.165) is 36.5 Å². The number of thiophene rings is 1. The topological polar surface area (TPSA) is 59.8 Å². The van der Waals surface area contributed by atoms with Crippen molar-refractivity contribution in [3.05, 3.63) is 51.9 Å². The third-order valence-electron chi connectivity index (χ3n) is 4.60. The second-order valence-corrected chi connectivity index (χ2v) is 8.38. The molecule has 0 bridgehead atoms. The minimum absolute atomic E-state index is 0.300. The summed E-state index contributed by atoms with van der Waals surface area (Å²) in [6.45, 7) is 6.39. The Hall–Kier alpha value is -1.89. The van der Waals surface area contributed by atoms with E-state index in [9.17, 15) is 9.59 Å². The lowest BCUT2D eigenvalue weighted by Crippen LogP contribution is -3.10. The maximum atomic E-state index is 12.5. The van der Waals surface area contributed by atoms with Gasteiger partial charge in [-0.3, -0.25) is 4.79 Å². The molecule has 1 aromatic heterocycles. The Morgan fingerprint density at radius 3 is 2.74 bits per heavy atom. The van der Waals surface area contributed by atoms with E-state index in [1.807, 2.05) is 6.07 Å². The fraction of sp³-hybridized carbons (Fsp3) is 0.400. The van der Waals surface area contributed by atoms with Gasteiger partial charge >= 0.3 is 5.97 Å². The van der Waals surface area contributed by atoms with Gasteiger partial charge in [-0.1, -0.05) is 30.3 Å². The van der Waals surface area contributed by atoms with Crippen molar-refractivity contribution in [2.24, 2.45) is 0 Å². The van der Waals surface area contributed by atoms with Gasteiger partial charge in [-0.2, -0.15) is 0 Å². The van der Waals surface area contributed by atoms with Crippen LogP contribution in [0.1, 0.15) is 40.2 Å². The number of hydrogen-bond acceptors (Lipinski definition) is 4. The van der Waals surface area contributed by atoms with Crippen molar-refractivity contribution in [3.63, 3.8) is 0 Å². The molecule has 2 atom stereocenters. The number of carbonyl (C=O) groups is 2. The number of hydrogen-bond donors (Lipinski definition) is 2. The molecule has 5 nitrogen and oxygen atoms in total. The normalized spacial score (nSPS) is 17.1. The summed E-state index contributed by atoms with van der Waals surface area (Å²) >= 11 is 7.35. The van der Waals surface area contributed by atoms with Gasteiger partial charge in [0.15, 0.2) is 0 Å². The van der Waals surface area contributed by atoms with Gasteiger partial charge < -0.3 is 15.0 Å². The molecule has 1 aliphatic rings. The molecule has 1 aromatic carbocycles. The summed E-state index contributed by atoms with van der Waals surface area (Å²) in [4.78, 5) is 27.2. The number of rotatable bonds is 6. The summed E-state index contributed by atoms with van der Waals surface area (Å²) in [5.41, 5.74) is 2.80. The first kappa shape index (κ1) is 19.9. The SMILES string of the molecule is CCOC(=O)c1c(NC(=O)[C@@H](C)Cl)sc2c1CC[NH+](Cc1ccccc1)C2. The summed E-state index contributed by atoms with van der Waals surface area (Å²) in [6, 6.07) is 10.4. The van der Waals surface area contributed by atoms with E-state index < -0.39 is 5.38 Å². The van der Waals surface area contributed by atoms with Gasteiger partial charge in [0, 0.05) is 12.0 Å². The molecule has 2 heterocycles. The van der Waals surface area contributed by atoms with Crippen LogP contribution in [0, 0.1) is 0 Å². The molecule has 1 amide bonds. The van der Waals surface area contributed by atoms with Crippen LogP contribution in [0.2, 0.25) is 0 Å². The first-order valence-corrected chi connectivity index (χ1v) is 10.4. The molecule has 1 aliphatic heterocycles. The minimum Gasteiger partial charge on any atom is -0.462 e. The first-order chi connectivity index (χ1) is 13.0. The molecule has 0 aliphatic carbocycles. The molecule has 1 unspecified atom stereocenters. The van der Waals surface area contributed by atoms with Crippen molar-refractivity contribution < 1.29 is 19.2 Å². The van der Waals surface area contributed by atoms with E-state index in [1.165, 1.54) is 21.8 Å². The molecule has 144 valence electrons. The smallest absolute Gasteiger partial charge is 0.341 e. The monoisotopic (exact) mass is 407 g/mol. The van der Waals surface area contributed by atoms with E-state index in [-0.39, 0.29) is 11.9 Å². The summed E-state index contributed by atoms with van der Waals surface area (Å²) in [7, 11) is 0. The largest absolute Gasteiger partial charge is 0.462 e. The summed E-state index contributed by atoms with van der Waals surface area (Å²) < 4.78 is 5.23. The number of ether oxygens (including phenoxy) is 1. The maximum absolute atomic E-state index is 12.5. The van der Waals surface area contributed by atoms with Gasteiger partial charge in [-0.05, 0) is 19.4 Å². The van der Waals surface area contributed by atoms with Crippen LogP contribution in [0.25, 0.3) is 0 Å². The average Bonchev–Trinajstić information content (AvgIpc) is 2.99. The number of halogens is 1. The lowest BCUT2D eigenvalue weighted by atomic mass is 10.0. The summed E-state index contributed by atoms with van der Waals surface area (Å²) in [5, 5.41) is 2.69. The van der Waals surface area contributed by atoms with Gasteiger partial charge in [-0.25, -0.2) is 4.79 Å². The molecular formula is C20H24ClN2O3S+. The Bertz CT molecular complexity index is 820. The Morgan fingerprint density at radius 1 is 1.33 bits per heavy atom. The number of fused-ring (bicyclic) bond motifs is 1. The predicted molar refractivity (Wildman–Crippen MR) is 108 cm³/mol. The number of nitrogens with one attached hydrogen (secondary N) is 2. The van der Waals surface area contributed by atoms with Crippen molar-refractivity contribution in [3.8, 4) is 0 Å². The predicted octanol–water partition coefficient (Wildman–Crippen LogP) is 2.63. The molecule has 0 radical (unpaired) electrons. The van der Waals surface area contributed by atoms with E-state index in [0.29, 0.717) is 17.2 Å². The van der Waals surface area contributed by atoms with Crippen LogP contribution >= 0.6 is 22.9 Å². The van der Waals surface area contributed by atoms with E-state index in [2.05, 4.69) is 29.6 Å². The lowest BCUT2D eigenvalue weighted by molar-refractivity contribution is -0.929. The van der Waals surface area contributed by atoms with Crippen LogP contribution in [-0.2, 0) is 29.0 Å². The highest BCUT2D eigenvalue weighted by Gasteiger charge is 2.31. The number of anilines is 1. The highest BCUT2D eigenvalue weighted by Crippen LogP contribution is 2.35. The third-order valence-corrected chi connectivity index (χ3v) is 5.95. The standard InChI is InChI=1S/C20H23ClN2O3S/c1-3-26-20(25)17-15-9-10-23(11-14-7-5-4-6-8-14)12-16(15)27-19(17)22-18(24)13(2)21/h4-8,13H,3,9-12H2,1-2H3,(H,22,24)/p+1/t13-/m1/s1. The zero-order valence-corrected chi connectivity index (χ0v) is 17.1. The minimum atomic E-state index is -0.667. The molecule has 0 saturated carbocycles. The van der Waals surface area contributed by atoms with Crippen molar-refractivity contribution in [1.29, 1.82) is 0 Å². The number of carbonyl (C=O) groups excluding carboxylic acids is 2. The van der Waals surface area contributed by atoms with Crippen LogP contribution in [0.4, 0.5) is 5.00 Å². The molecule has 2 aromatic rings. The average molecular weight is 408 g/mol. The fourth-order valence-electron chi connectivity index (χ4n) is 3.29. The van der Waals surface area contributed by atoms with Crippen molar-refractivity contribution >= 4 is 39.8 Å². The molecule has 2 N–H and O–H groups in total. The third kappa shape index (κ3) is 4.69. The quantitative estimate of drug-likeness (QED) is 0.571. The molecule has 0 fully saturated rings. The maximum Gasteiger partial charge on any atom is 0.341 e.